The number of amides is 1. The Bertz CT molecular complexity index is 1140. The molecule has 0 saturated heterocycles. The Kier molecular flexibility index (Phi) is 7.59. The summed E-state index contributed by atoms with van der Waals surface area (Å²) in [6.45, 7) is 1.94. The summed E-state index contributed by atoms with van der Waals surface area (Å²) in [4.78, 5) is 12.8. The van der Waals surface area contributed by atoms with Crippen LogP contribution in [0.3, 0.4) is 0 Å². The molecule has 3 aromatic rings. The van der Waals surface area contributed by atoms with Crippen LogP contribution < -0.4 is 14.4 Å². The van der Waals surface area contributed by atoms with Gasteiger partial charge in [0.2, 0.25) is 5.91 Å². The van der Waals surface area contributed by atoms with Crippen molar-refractivity contribution in [1.82, 2.24) is 0 Å². The molecular formula is C22H20BrClN2O4S. The summed E-state index contributed by atoms with van der Waals surface area (Å²) in [5, 5.41) is 3.23. The molecule has 6 nitrogen and oxygen atoms in total. The molecule has 162 valence electrons. The average Bonchev–Trinajstić information content (AvgIpc) is 2.75. The molecule has 1 amide bonds. The Morgan fingerprint density at radius 1 is 1.00 bits per heavy atom. The summed E-state index contributed by atoms with van der Waals surface area (Å²) in [5.41, 5.74) is 0.861. The minimum Gasteiger partial charge on any atom is -0.494 e. The molecule has 3 aromatic carbocycles. The molecule has 0 saturated carbocycles. The molecule has 31 heavy (non-hydrogen) atoms. The molecule has 0 radical (unpaired) electrons. The topological polar surface area (TPSA) is 75.7 Å². The molecule has 1 N–H and O–H groups in total. The van der Waals surface area contributed by atoms with Gasteiger partial charge in [-0.2, -0.15) is 0 Å². The summed E-state index contributed by atoms with van der Waals surface area (Å²) in [6, 6.07) is 19.4. The molecule has 0 aliphatic rings. The maximum Gasteiger partial charge on any atom is 0.264 e. The second-order valence-corrected chi connectivity index (χ2v) is 9.66. The van der Waals surface area contributed by atoms with Gasteiger partial charge >= 0.3 is 0 Å². The maximum absolute atomic E-state index is 13.4. The molecule has 0 atom stereocenters. The van der Waals surface area contributed by atoms with Gasteiger partial charge in [-0.1, -0.05) is 27.5 Å². The van der Waals surface area contributed by atoms with Crippen LogP contribution in [0.1, 0.15) is 6.92 Å². The van der Waals surface area contributed by atoms with E-state index >= 15 is 0 Å². The predicted molar refractivity (Wildman–Crippen MR) is 126 cm³/mol. The van der Waals surface area contributed by atoms with E-state index in [-0.39, 0.29) is 4.90 Å². The summed E-state index contributed by atoms with van der Waals surface area (Å²) < 4.78 is 34.0. The van der Waals surface area contributed by atoms with Gasteiger partial charge in [0.15, 0.2) is 0 Å². The first kappa shape index (κ1) is 23.1. The molecule has 3 rings (SSSR count). The molecule has 0 unspecified atom stereocenters. The van der Waals surface area contributed by atoms with Gasteiger partial charge in [0.05, 0.1) is 17.2 Å². The van der Waals surface area contributed by atoms with E-state index in [9.17, 15) is 13.2 Å². The van der Waals surface area contributed by atoms with Crippen LogP contribution in [0, 0.1) is 0 Å². The number of hydrogen-bond acceptors (Lipinski definition) is 4. The van der Waals surface area contributed by atoms with Gasteiger partial charge in [0.25, 0.3) is 10.0 Å². The van der Waals surface area contributed by atoms with E-state index in [2.05, 4.69) is 21.2 Å². The highest BCUT2D eigenvalue weighted by Gasteiger charge is 2.27. The lowest BCUT2D eigenvalue weighted by Gasteiger charge is -2.24. The van der Waals surface area contributed by atoms with E-state index in [1.807, 2.05) is 6.92 Å². The highest BCUT2D eigenvalue weighted by molar-refractivity contribution is 9.10. The fourth-order valence-electron chi connectivity index (χ4n) is 2.79. The van der Waals surface area contributed by atoms with Crippen molar-refractivity contribution in [3.8, 4) is 5.75 Å². The lowest BCUT2D eigenvalue weighted by molar-refractivity contribution is -0.114. The number of nitrogens with one attached hydrogen (secondary N) is 1. The Balaban J connectivity index is 1.92. The summed E-state index contributed by atoms with van der Waals surface area (Å²) in [7, 11) is -4.00. The second kappa shape index (κ2) is 10.2. The molecule has 0 fully saturated rings. The lowest BCUT2D eigenvalue weighted by Crippen LogP contribution is -2.38. The number of rotatable bonds is 8. The minimum absolute atomic E-state index is 0.0730. The zero-order valence-electron chi connectivity index (χ0n) is 16.6. The van der Waals surface area contributed by atoms with Gasteiger partial charge in [-0.15, -0.1) is 0 Å². The van der Waals surface area contributed by atoms with Gasteiger partial charge < -0.3 is 10.1 Å². The highest BCUT2D eigenvalue weighted by atomic mass is 79.9. The molecular weight excluding hydrogens is 504 g/mol. The summed E-state index contributed by atoms with van der Waals surface area (Å²) in [6.07, 6.45) is 0. The van der Waals surface area contributed by atoms with Crippen molar-refractivity contribution < 1.29 is 17.9 Å². The predicted octanol–water partition coefficient (Wildman–Crippen LogP) is 5.34. The normalized spacial score (nSPS) is 11.1. The van der Waals surface area contributed by atoms with Gasteiger partial charge in [-0.3, -0.25) is 9.10 Å². The number of sulfonamides is 1. The third kappa shape index (κ3) is 6.00. The van der Waals surface area contributed by atoms with E-state index in [1.165, 1.54) is 12.1 Å². The third-order valence-electron chi connectivity index (χ3n) is 4.25. The molecule has 0 aromatic heterocycles. The largest absolute Gasteiger partial charge is 0.494 e. The Morgan fingerprint density at radius 3 is 2.19 bits per heavy atom. The minimum atomic E-state index is -4.00. The van der Waals surface area contributed by atoms with E-state index in [0.717, 1.165) is 8.78 Å². The number of anilines is 2. The van der Waals surface area contributed by atoms with Gasteiger partial charge in [0, 0.05) is 15.2 Å². The first-order chi connectivity index (χ1) is 14.8. The van der Waals surface area contributed by atoms with Gasteiger partial charge in [-0.05, 0) is 79.7 Å². The van der Waals surface area contributed by atoms with E-state index < -0.39 is 22.5 Å². The second-order valence-electron chi connectivity index (χ2n) is 6.45. The van der Waals surface area contributed by atoms with Gasteiger partial charge in [-0.25, -0.2) is 8.42 Å². The van der Waals surface area contributed by atoms with Crippen molar-refractivity contribution in [3.05, 3.63) is 82.3 Å². The van der Waals surface area contributed by atoms with Gasteiger partial charge in [0.1, 0.15) is 12.3 Å². The zero-order valence-corrected chi connectivity index (χ0v) is 19.7. The molecule has 0 bridgehead atoms. The smallest absolute Gasteiger partial charge is 0.264 e. The Hall–Kier alpha value is -2.55. The van der Waals surface area contributed by atoms with E-state index in [0.29, 0.717) is 28.8 Å². The zero-order chi connectivity index (χ0) is 22.4. The quantitative estimate of drug-likeness (QED) is 0.433. The van der Waals surface area contributed by atoms with Crippen LogP contribution in [0.2, 0.25) is 5.02 Å². The first-order valence-electron chi connectivity index (χ1n) is 9.36. The molecule has 0 aliphatic heterocycles. The first-order valence-corrected chi connectivity index (χ1v) is 12.0. The van der Waals surface area contributed by atoms with Crippen LogP contribution >= 0.6 is 27.5 Å². The van der Waals surface area contributed by atoms with Crippen molar-refractivity contribution in [3.63, 3.8) is 0 Å². The molecule has 0 heterocycles. The molecule has 0 spiro atoms. The van der Waals surface area contributed by atoms with Crippen LogP contribution in [0.25, 0.3) is 0 Å². The van der Waals surface area contributed by atoms with E-state index in [4.69, 9.17) is 16.3 Å². The number of carbonyl (C=O) groups excluding carboxylic acids is 1. The van der Waals surface area contributed by atoms with Crippen molar-refractivity contribution in [2.45, 2.75) is 11.8 Å². The number of nitrogens with zero attached hydrogens (tertiary/aromatic N) is 1. The fourth-order valence-corrected chi connectivity index (χ4v) is 4.60. The third-order valence-corrected chi connectivity index (χ3v) is 6.82. The van der Waals surface area contributed by atoms with Crippen LogP contribution in [-0.4, -0.2) is 27.5 Å². The SMILES string of the molecule is CCOc1ccc(N(CC(=O)Nc2ccc(Cl)cc2)S(=O)(=O)c2ccc(Br)cc2)cc1. The van der Waals surface area contributed by atoms with Crippen molar-refractivity contribution in [1.29, 1.82) is 0 Å². The van der Waals surface area contributed by atoms with Crippen LogP contribution in [-0.2, 0) is 14.8 Å². The maximum atomic E-state index is 13.4. The monoisotopic (exact) mass is 522 g/mol. The van der Waals surface area contributed by atoms with Crippen molar-refractivity contribution in [2.75, 3.05) is 22.8 Å². The number of halogens is 2. The summed E-state index contributed by atoms with van der Waals surface area (Å²) in [5.74, 6) is 0.120. The average molecular weight is 524 g/mol. The Labute approximate surface area is 195 Å². The van der Waals surface area contributed by atoms with Crippen LogP contribution in [0.4, 0.5) is 11.4 Å². The molecule has 0 aliphatic carbocycles. The van der Waals surface area contributed by atoms with E-state index in [1.54, 1.807) is 60.7 Å². The van der Waals surface area contributed by atoms with Crippen LogP contribution in [0.5, 0.6) is 5.75 Å². The summed E-state index contributed by atoms with van der Waals surface area (Å²) >= 11 is 9.18. The Morgan fingerprint density at radius 2 is 1.61 bits per heavy atom. The van der Waals surface area contributed by atoms with Crippen molar-refractivity contribution in [2.24, 2.45) is 0 Å². The standard InChI is InChI=1S/C22H20BrClN2O4S/c1-2-30-20-11-9-19(10-12-20)26(31(28,29)21-13-3-16(23)4-14-21)15-22(27)25-18-7-5-17(24)6-8-18/h3-14H,2,15H2,1H3,(H,25,27). The number of carbonyl (C=O) groups is 1. The molecule has 9 heteroatoms. The van der Waals surface area contributed by atoms with Crippen molar-refractivity contribution >= 4 is 54.8 Å². The number of ether oxygens (including phenoxy) is 1. The van der Waals surface area contributed by atoms with Crippen LogP contribution in [0.15, 0.2) is 82.2 Å². The number of hydrogen-bond donors (Lipinski definition) is 1. The fraction of sp³-hybridized carbons (Fsp3) is 0.136. The highest BCUT2D eigenvalue weighted by Crippen LogP contribution is 2.27. The number of benzene rings is 3. The lowest BCUT2D eigenvalue weighted by atomic mass is 10.3.